The third kappa shape index (κ3) is 4.44. The molecule has 0 spiro atoms. The molecular weight excluding hydrogens is 266 g/mol. The zero-order chi connectivity index (χ0) is 15.1. The molecule has 0 aliphatic carbocycles. The molecule has 1 aromatic rings. The van der Waals surface area contributed by atoms with Gasteiger partial charge >= 0.3 is 0 Å². The topological polar surface area (TPSA) is 67.6 Å². The monoisotopic (exact) mass is 291 g/mol. The summed E-state index contributed by atoms with van der Waals surface area (Å²) < 4.78 is 4.92. The number of fused-ring (bicyclic) bond motifs is 1. The van der Waals surface area contributed by atoms with Gasteiger partial charge in [0.25, 0.3) is 0 Å². The number of amides is 1. The molecule has 2 rings (SSSR count). The first-order valence-corrected chi connectivity index (χ1v) is 7.57. The molecule has 21 heavy (non-hydrogen) atoms. The molecule has 0 saturated heterocycles. The van der Waals surface area contributed by atoms with Crippen molar-refractivity contribution < 1.29 is 9.53 Å². The van der Waals surface area contributed by atoms with Crippen LogP contribution in [0.1, 0.15) is 18.4 Å². The van der Waals surface area contributed by atoms with E-state index >= 15 is 0 Å². The number of anilines is 1. The third-order valence-corrected chi connectivity index (χ3v) is 3.86. The van der Waals surface area contributed by atoms with Crippen molar-refractivity contribution in [1.82, 2.24) is 5.32 Å². The van der Waals surface area contributed by atoms with Crippen LogP contribution in [0.4, 0.5) is 5.69 Å². The number of hydrogen-bond donors (Lipinski definition) is 2. The Morgan fingerprint density at radius 1 is 1.48 bits per heavy atom. The highest BCUT2D eigenvalue weighted by Crippen LogP contribution is 2.27. The average molecular weight is 291 g/mol. The van der Waals surface area contributed by atoms with E-state index in [4.69, 9.17) is 10.5 Å². The van der Waals surface area contributed by atoms with Crippen molar-refractivity contribution in [3.8, 4) is 0 Å². The lowest BCUT2D eigenvalue weighted by Gasteiger charge is -2.19. The number of rotatable bonds is 8. The Bertz CT molecular complexity index is 465. The normalized spacial score (nSPS) is 14.9. The molecule has 1 aliphatic heterocycles. The largest absolute Gasteiger partial charge is 0.385 e. The number of benzene rings is 1. The zero-order valence-electron chi connectivity index (χ0n) is 12.7. The van der Waals surface area contributed by atoms with Crippen LogP contribution in [0.25, 0.3) is 0 Å². The highest BCUT2D eigenvalue weighted by Gasteiger charge is 2.17. The Morgan fingerprint density at radius 3 is 3.10 bits per heavy atom. The molecule has 1 atom stereocenters. The van der Waals surface area contributed by atoms with Crippen molar-refractivity contribution in [2.24, 2.45) is 5.73 Å². The summed E-state index contributed by atoms with van der Waals surface area (Å²) in [6.07, 6.45) is 2.60. The van der Waals surface area contributed by atoms with Gasteiger partial charge in [-0.05, 0) is 30.9 Å². The maximum Gasteiger partial charge on any atom is 0.237 e. The highest BCUT2D eigenvalue weighted by atomic mass is 16.5. The standard InChI is InChI=1S/C16H25N3O2/c1-21-12-8-14(17)16(20)18-9-4-10-19-11-7-13-5-2-3-6-15(13)19/h2-3,5-6,14H,4,7-12,17H2,1H3,(H,18,20). The van der Waals surface area contributed by atoms with Crippen molar-refractivity contribution in [3.63, 3.8) is 0 Å². The van der Waals surface area contributed by atoms with Crippen molar-refractivity contribution in [1.29, 1.82) is 0 Å². The quantitative estimate of drug-likeness (QED) is 0.699. The SMILES string of the molecule is COCCC(N)C(=O)NCCCN1CCc2ccccc21. The Balaban J connectivity index is 1.66. The summed E-state index contributed by atoms with van der Waals surface area (Å²) in [6.45, 7) is 3.21. The van der Waals surface area contributed by atoms with Crippen LogP contribution in [0.2, 0.25) is 0 Å². The first-order chi connectivity index (χ1) is 10.2. The predicted molar refractivity (Wildman–Crippen MR) is 84.5 cm³/mol. The predicted octanol–water partition coefficient (Wildman–Crippen LogP) is 0.919. The van der Waals surface area contributed by atoms with Gasteiger partial charge in [-0.1, -0.05) is 18.2 Å². The second-order valence-electron chi connectivity index (χ2n) is 5.40. The molecule has 1 unspecified atom stereocenters. The van der Waals surface area contributed by atoms with Crippen LogP contribution in [-0.2, 0) is 16.0 Å². The maximum absolute atomic E-state index is 11.7. The van der Waals surface area contributed by atoms with Crippen LogP contribution in [0, 0.1) is 0 Å². The lowest BCUT2D eigenvalue weighted by atomic mass is 10.2. The van der Waals surface area contributed by atoms with Gasteiger partial charge in [0.15, 0.2) is 0 Å². The summed E-state index contributed by atoms with van der Waals surface area (Å²) in [4.78, 5) is 14.1. The van der Waals surface area contributed by atoms with Crippen molar-refractivity contribution in [2.75, 3.05) is 38.3 Å². The van der Waals surface area contributed by atoms with Gasteiger partial charge in [-0.25, -0.2) is 0 Å². The van der Waals surface area contributed by atoms with Gasteiger partial charge in [-0.2, -0.15) is 0 Å². The summed E-state index contributed by atoms with van der Waals surface area (Å²) >= 11 is 0. The lowest BCUT2D eigenvalue weighted by molar-refractivity contribution is -0.122. The molecule has 5 heteroatoms. The van der Waals surface area contributed by atoms with Crippen molar-refractivity contribution >= 4 is 11.6 Å². The van der Waals surface area contributed by atoms with Crippen LogP contribution in [-0.4, -0.2) is 45.3 Å². The number of carbonyl (C=O) groups excluding carboxylic acids is 1. The minimum atomic E-state index is -0.475. The number of nitrogens with one attached hydrogen (secondary N) is 1. The molecule has 0 fully saturated rings. The molecule has 0 saturated carbocycles. The van der Waals surface area contributed by atoms with Crippen LogP contribution >= 0.6 is 0 Å². The summed E-state index contributed by atoms with van der Waals surface area (Å²) in [6, 6.07) is 8.04. The molecule has 116 valence electrons. The average Bonchev–Trinajstić information content (AvgIpc) is 2.92. The summed E-state index contributed by atoms with van der Waals surface area (Å²) in [7, 11) is 1.61. The van der Waals surface area contributed by atoms with E-state index in [1.165, 1.54) is 11.3 Å². The molecule has 1 aliphatic rings. The number of ether oxygens (including phenoxy) is 1. The Labute approximate surface area is 126 Å². The van der Waals surface area contributed by atoms with Crippen LogP contribution in [0.3, 0.4) is 0 Å². The zero-order valence-corrected chi connectivity index (χ0v) is 12.7. The number of hydrogen-bond acceptors (Lipinski definition) is 4. The molecule has 0 aromatic heterocycles. The minimum absolute atomic E-state index is 0.0890. The second kappa shape index (κ2) is 8.00. The summed E-state index contributed by atoms with van der Waals surface area (Å²) in [5.74, 6) is -0.0890. The van der Waals surface area contributed by atoms with Gasteiger partial charge < -0.3 is 20.7 Å². The van der Waals surface area contributed by atoms with E-state index in [1.54, 1.807) is 7.11 Å². The lowest BCUT2D eigenvalue weighted by Crippen LogP contribution is -2.42. The second-order valence-corrected chi connectivity index (χ2v) is 5.40. The molecule has 1 aromatic carbocycles. The fraction of sp³-hybridized carbons (Fsp3) is 0.562. The fourth-order valence-corrected chi connectivity index (χ4v) is 2.63. The van der Waals surface area contributed by atoms with Gasteiger partial charge in [0.05, 0.1) is 6.04 Å². The first kappa shape index (κ1) is 15.8. The highest BCUT2D eigenvalue weighted by molar-refractivity contribution is 5.81. The molecular formula is C16H25N3O2. The smallest absolute Gasteiger partial charge is 0.237 e. The van der Waals surface area contributed by atoms with E-state index in [9.17, 15) is 4.79 Å². The van der Waals surface area contributed by atoms with Gasteiger partial charge in [0.1, 0.15) is 0 Å². The molecule has 1 heterocycles. The van der Waals surface area contributed by atoms with E-state index < -0.39 is 6.04 Å². The minimum Gasteiger partial charge on any atom is -0.385 e. The molecule has 0 bridgehead atoms. The van der Waals surface area contributed by atoms with Gasteiger partial charge in [0.2, 0.25) is 5.91 Å². The number of methoxy groups -OCH3 is 1. The third-order valence-electron chi connectivity index (χ3n) is 3.86. The number of nitrogens with zero attached hydrogens (tertiary/aromatic N) is 1. The van der Waals surface area contributed by atoms with Gasteiger partial charge in [-0.3, -0.25) is 4.79 Å². The summed E-state index contributed by atoms with van der Waals surface area (Å²) in [5, 5.41) is 2.89. The number of carbonyl (C=O) groups is 1. The molecule has 1 amide bonds. The Kier molecular flexibility index (Phi) is 6.02. The van der Waals surface area contributed by atoms with Crippen LogP contribution in [0.5, 0.6) is 0 Å². The van der Waals surface area contributed by atoms with Crippen LogP contribution in [0.15, 0.2) is 24.3 Å². The van der Waals surface area contributed by atoms with Crippen molar-refractivity contribution in [2.45, 2.75) is 25.3 Å². The van der Waals surface area contributed by atoms with E-state index in [1.807, 2.05) is 0 Å². The Hall–Kier alpha value is -1.59. The summed E-state index contributed by atoms with van der Waals surface area (Å²) in [5.41, 5.74) is 8.52. The van der Waals surface area contributed by atoms with E-state index in [-0.39, 0.29) is 5.91 Å². The number of nitrogens with two attached hydrogens (primary N) is 1. The maximum atomic E-state index is 11.7. The Morgan fingerprint density at radius 2 is 2.29 bits per heavy atom. The fourth-order valence-electron chi connectivity index (χ4n) is 2.63. The van der Waals surface area contributed by atoms with E-state index in [2.05, 4.69) is 34.5 Å². The van der Waals surface area contributed by atoms with E-state index in [0.717, 1.165) is 25.9 Å². The molecule has 5 nitrogen and oxygen atoms in total. The van der Waals surface area contributed by atoms with Gasteiger partial charge in [-0.15, -0.1) is 0 Å². The van der Waals surface area contributed by atoms with Gasteiger partial charge in [0, 0.05) is 39.0 Å². The first-order valence-electron chi connectivity index (χ1n) is 7.57. The van der Waals surface area contributed by atoms with Crippen molar-refractivity contribution in [3.05, 3.63) is 29.8 Å². The molecule has 3 N–H and O–H groups in total. The molecule has 0 radical (unpaired) electrons. The number of para-hydroxylation sites is 1. The van der Waals surface area contributed by atoms with E-state index in [0.29, 0.717) is 19.6 Å². The van der Waals surface area contributed by atoms with Crippen LogP contribution < -0.4 is 16.0 Å².